The molecule has 3 aliphatic rings. The molecule has 5 rings (SSSR count). The summed E-state index contributed by atoms with van der Waals surface area (Å²) in [7, 11) is 2.00. The van der Waals surface area contributed by atoms with Gasteiger partial charge in [0.15, 0.2) is 0 Å². The van der Waals surface area contributed by atoms with Gasteiger partial charge in [-0.1, -0.05) is 0 Å². The Balaban J connectivity index is 1.38. The van der Waals surface area contributed by atoms with Gasteiger partial charge in [-0.3, -0.25) is 14.6 Å². The molecule has 36 heavy (non-hydrogen) atoms. The molecule has 1 aromatic carbocycles. The van der Waals surface area contributed by atoms with E-state index in [9.17, 15) is 27.6 Å². The second-order valence-corrected chi connectivity index (χ2v) is 10.3. The number of benzene rings is 1. The van der Waals surface area contributed by atoms with Crippen molar-refractivity contribution in [3.05, 3.63) is 53.9 Å². The van der Waals surface area contributed by atoms with Crippen LogP contribution in [0, 0.1) is 0 Å². The van der Waals surface area contributed by atoms with Crippen molar-refractivity contribution in [2.45, 2.75) is 35.3 Å². The van der Waals surface area contributed by atoms with Crippen molar-refractivity contribution in [1.82, 2.24) is 19.7 Å². The predicted octanol–water partition coefficient (Wildman–Crippen LogP) is 3.58. The average molecular weight is 520 g/mol. The molecule has 2 saturated heterocycles. The summed E-state index contributed by atoms with van der Waals surface area (Å²) in [5.41, 5.74) is -4.22. The summed E-state index contributed by atoms with van der Waals surface area (Å²) in [6.45, 7) is 2.76. The topological polar surface area (TPSA) is 77.1 Å². The molecule has 1 spiro atoms. The fourth-order valence-corrected chi connectivity index (χ4v) is 5.20. The Labute approximate surface area is 210 Å². The first-order chi connectivity index (χ1) is 17.1. The second-order valence-electron chi connectivity index (χ2n) is 9.21. The summed E-state index contributed by atoms with van der Waals surface area (Å²) in [5.74, 6) is -0.562. The van der Waals surface area contributed by atoms with Crippen LogP contribution in [0.2, 0.25) is 0 Å². The normalized spacial score (nSPS) is 19.9. The molecular formula is C24H24F3N5O3S. The van der Waals surface area contributed by atoms with Crippen molar-refractivity contribution in [3.8, 4) is 0 Å². The number of aromatic nitrogens is 1. The van der Waals surface area contributed by atoms with Crippen LogP contribution in [0.25, 0.3) is 0 Å². The SMILES string of the molecule is CN1CCN(C(=O)c2cnccc2CN2C(=O)N(c3ccc(SC(F)(F)F)cc3)C(=O)C23CC3)CC1. The standard InChI is InChI=1S/C24H24F3N5O3S/c1-29-10-12-30(13-11-29)20(33)19-14-28-9-6-16(19)15-31-22(35)32(21(34)23(31)7-8-23)17-2-4-18(5-3-17)36-24(25,26)27/h2-6,9,14H,7-8,10-13,15H2,1H3. The van der Waals surface area contributed by atoms with Gasteiger partial charge in [0.25, 0.3) is 11.8 Å². The lowest BCUT2D eigenvalue weighted by Gasteiger charge is -2.33. The summed E-state index contributed by atoms with van der Waals surface area (Å²) in [6, 6.07) is 6.31. The van der Waals surface area contributed by atoms with Crippen molar-refractivity contribution >= 4 is 35.3 Å². The second kappa shape index (κ2) is 9.07. The first-order valence-corrected chi connectivity index (χ1v) is 12.3. The van der Waals surface area contributed by atoms with Gasteiger partial charge in [-0.05, 0) is 67.5 Å². The summed E-state index contributed by atoms with van der Waals surface area (Å²) in [4.78, 5) is 50.5. The average Bonchev–Trinajstić information content (AvgIpc) is 3.61. The molecular weight excluding hydrogens is 495 g/mol. The molecule has 0 atom stereocenters. The van der Waals surface area contributed by atoms with E-state index in [4.69, 9.17) is 0 Å². The van der Waals surface area contributed by atoms with Crippen LogP contribution in [0.3, 0.4) is 0 Å². The molecule has 1 saturated carbocycles. The summed E-state index contributed by atoms with van der Waals surface area (Å²) < 4.78 is 38.0. The minimum absolute atomic E-state index is 0.0350. The number of nitrogens with zero attached hydrogens (tertiary/aromatic N) is 5. The zero-order valence-corrected chi connectivity index (χ0v) is 20.3. The predicted molar refractivity (Wildman–Crippen MR) is 126 cm³/mol. The summed E-state index contributed by atoms with van der Waals surface area (Å²) >= 11 is -0.259. The highest BCUT2D eigenvalue weighted by Gasteiger charge is 2.65. The minimum atomic E-state index is -4.43. The number of carbonyl (C=O) groups is 3. The largest absolute Gasteiger partial charge is 0.446 e. The molecule has 8 nitrogen and oxygen atoms in total. The zero-order chi connectivity index (χ0) is 25.7. The van der Waals surface area contributed by atoms with Gasteiger partial charge in [0.2, 0.25) is 0 Å². The Bertz CT molecular complexity index is 1190. The van der Waals surface area contributed by atoms with E-state index in [0.717, 1.165) is 18.0 Å². The summed E-state index contributed by atoms with van der Waals surface area (Å²) in [5, 5.41) is 0. The minimum Gasteiger partial charge on any atom is -0.336 e. The molecule has 0 N–H and O–H groups in total. The number of hydrogen-bond donors (Lipinski definition) is 0. The molecule has 0 radical (unpaired) electrons. The number of rotatable bonds is 5. The first-order valence-electron chi connectivity index (χ1n) is 11.5. The van der Waals surface area contributed by atoms with Gasteiger partial charge in [0.1, 0.15) is 5.54 Å². The highest BCUT2D eigenvalue weighted by atomic mass is 32.2. The highest BCUT2D eigenvalue weighted by Crippen LogP contribution is 2.50. The molecule has 3 fully saturated rings. The number of thioether (sulfide) groups is 1. The molecule has 190 valence electrons. The molecule has 3 heterocycles. The maximum absolute atomic E-state index is 13.4. The monoisotopic (exact) mass is 519 g/mol. The van der Waals surface area contributed by atoms with Gasteiger partial charge >= 0.3 is 11.5 Å². The van der Waals surface area contributed by atoms with E-state index in [2.05, 4.69) is 9.88 Å². The number of urea groups is 1. The van der Waals surface area contributed by atoms with Gasteiger partial charge in [0.05, 0.1) is 11.3 Å². The first kappa shape index (κ1) is 24.6. The molecule has 2 aromatic rings. The maximum Gasteiger partial charge on any atom is 0.446 e. The van der Waals surface area contributed by atoms with Crippen LogP contribution in [0.4, 0.5) is 23.7 Å². The number of amides is 4. The van der Waals surface area contributed by atoms with Crippen molar-refractivity contribution in [3.63, 3.8) is 0 Å². The van der Waals surface area contributed by atoms with Gasteiger partial charge < -0.3 is 14.7 Å². The number of anilines is 1. The number of alkyl halides is 3. The van der Waals surface area contributed by atoms with E-state index in [1.807, 2.05) is 7.05 Å². The van der Waals surface area contributed by atoms with E-state index in [-0.39, 0.29) is 34.8 Å². The third-order valence-electron chi connectivity index (χ3n) is 6.85. The number of pyridine rings is 1. The molecule has 0 unspecified atom stereocenters. The zero-order valence-electron chi connectivity index (χ0n) is 19.5. The third kappa shape index (κ3) is 4.55. The lowest BCUT2D eigenvalue weighted by atomic mass is 10.1. The Morgan fingerprint density at radius 1 is 1.06 bits per heavy atom. The van der Waals surface area contributed by atoms with Crippen LogP contribution in [0.5, 0.6) is 0 Å². The molecule has 2 aliphatic heterocycles. The fraction of sp³-hybridized carbons (Fsp3) is 0.417. The van der Waals surface area contributed by atoms with E-state index in [0.29, 0.717) is 37.1 Å². The Hall–Kier alpha value is -3.12. The van der Waals surface area contributed by atoms with Gasteiger partial charge in [-0.25, -0.2) is 9.69 Å². The van der Waals surface area contributed by atoms with E-state index >= 15 is 0 Å². The molecule has 0 bridgehead atoms. The summed E-state index contributed by atoms with van der Waals surface area (Å²) in [6.07, 6.45) is 4.02. The van der Waals surface area contributed by atoms with Crippen molar-refractivity contribution in [2.75, 3.05) is 38.1 Å². The van der Waals surface area contributed by atoms with Crippen LogP contribution in [-0.2, 0) is 11.3 Å². The molecule has 1 aliphatic carbocycles. The third-order valence-corrected chi connectivity index (χ3v) is 7.59. The lowest BCUT2D eigenvalue weighted by molar-refractivity contribution is -0.120. The number of hydrogen-bond acceptors (Lipinski definition) is 6. The number of imide groups is 1. The van der Waals surface area contributed by atoms with E-state index in [1.54, 1.807) is 17.2 Å². The van der Waals surface area contributed by atoms with Crippen LogP contribution in [0.1, 0.15) is 28.8 Å². The number of likely N-dealkylation sites (N-methyl/N-ethyl adjacent to an activating group) is 1. The number of carbonyl (C=O) groups excluding carboxylic acids is 3. The number of piperazine rings is 1. The molecule has 1 aromatic heterocycles. The van der Waals surface area contributed by atoms with Crippen LogP contribution >= 0.6 is 11.8 Å². The van der Waals surface area contributed by atoms with Crippen LogP contribution in [-0.4, -0.2) is 81.8 Å². The molecule has 12 heteroatoms. The number of halogens is 3. The maximum atomic E-state index is 13.4. The fourth-order valence-electron chi connectivity index (χ4n) is 4.66. The Kier molecular flexibility index (Phi) is 6.19. The smallest absolute Gasteiger partial charge is 0.336 e. The van der Waals surface area contributed by atoms with Gasteiger partial charge in [-0.2, -0.15) is 13.2 Å². The van der Waals surface area contributed by atoms with Crippen molar-refractivity contribution in [2.24, 2.45) is 0 Å². The Morgan fingerprint density at radius 3 is 2.33 bits per heavy atom. The lowest BCUT2D eigenvalue weighted by Crippen LogP contribution is -2.47. The van der Waals surface area contributed by atoms with Gasteiger partial charge in [-0.15, -0.1) is 0 Å². The van der Waals surface area contributed by atoms with Crippen LogP contribution in [0.15, 0.2) is 47.6 Å². The molecule has 4 amide bonds. The van der Waals surface area contributed by atoms with Gasteiger partial charge in [0, 0.05) is 50.0 Å². The Morgan fingerprint density at radius 2 is 1.72 bits per heavy atom. The van der Waals surface area contributed by atoms with Crippen molar-refractivity contribution < 1.29 is 27.6 Å². The van der Waals surface area contributed by atoms with E-state index in [1.165, 1.54) is 35.4 Å². The van der Waals surface area contributed by atoms with E-state index < -0.39 is 23.0 Å². The van der Waals surface area contributed by atoms with Crippen molar-refractivity contribution in [1.29, 1.82) is 0 Å². The quantitative estimate of drug-likeness (QED) is 0.444. The van der Waals surface area contributed by atoms with Crippen LogP contribution < -0.4 is 4.90 Å². The highest BCUT2D eigenvalue weighted by molar-refractivity contribution is 8.00.